The van der Waals surface area contributed by atoms with Gasteiger partial charge in [0.15, 0.2) is 0 Å². The van der Waals surface area contributed by atoms with Gasteiger partial charge in [0.05, 0.1) is 18.2 Å². The first-order chi connectivity index (χ1) is 10.1. The van der Waals surface area contributed by atoms with Crippen molar-refractivity contribution < 1.29 is 9.59 Å². The van der Waals surface area contributed by atoms with E-state index in [0.29, 0.717) is 16.6 Å². The first kappa shape index (κ1) is 14.5. The van der Waals surface area contributed by atoms with Crippen LogP contribution >= 0.6 is 11.6 Å². The summed E-state index contributed by atoms with van der Waals surface area (Å²) >= 11 is 5.96. The molecule has 0 saturated carbocycles. The molecule has 2 aliphatic rings. The number of amides is 2. The zero-order valence-corrected chi connectivity index (χ0v) is 12.8. The summed E-state index contributed by atoms with van der Waals surface area (Å²) in [5.74, 6) is 0.459. The Kier molecular flexibility index (Phi) is 4.00. The minimum Gasteiger partial charge on any atom is -0.292 e. The van der Waals surface area contributed by atoms with Crippen LogP contribution in [-0.4, -0.2) is 35.8 Å². The van der Waals surface area contributed by atoms with Gasteiger partial charge < -0.3 is 0 Å². The van der Waals surface area contributed by atoms with Gasteiger partial charge in [-0.25, -0.2) is 4.90 Å². The largest absolute Gasteiger partial charge is 0.292 e. The van der Waals surface area contributed by atoms with Gasteiger partial charge in [0.1, 0.15) is 0 Å². The quantitative estimate of drug-likeness (QED) is 0.789. The summed E-state index contributed by atoms with van der Waals surface area (Å²) < 4.78 is 0. The molecule has 3 rings (SSSR count). The molecule has 1 aromatic carbocycles. The number of anilines is 1. The summed E-state index contributed by atoms with van der Waals surface area (Å²) in [4.78, 5) is 28.3. The fourth-order valence-electron chi connectivity index (χ4n) is 3.13. The van der Waals surface area contributed by atoms with E-state index >= 15 is 0 Å². The average Bonchev–Trinajstić information content (AvgIpc) is 2.75. The molecule has 21 heavy (non-hydrogen) atoms. The zero-order chi connectivity index (χ0) is 15.0. The van der Waals surface area contributed by atoms with Crippen molar-refractivity contribution in [1.29, 1.82) is 0 Å². The van der Waals surface area contributed by atoms with Gasteiger partial charge in [0, 0.05) is 5.02 Å². The summed E-state index contributed by atoms with van der Waals surface area (Å²) in [5.41, 5.74) is 0.574. The summed E-state index contributed by atoms with van der Waals surface area (Å²) in [7, 11) is 0. The third-order valence-electron chi connectivity index (χ3n) is 4.45. The number of benzene rings is 1. The molecule has 2 amide bonds. The smallest absolute Gasteiger partial charge is 0.251 e. The summed E-state index contributed by atoms with van der Waals surface area (Å²) in [6.07, 6.45) is 2.46. The lowest BCUT2D eigenvalue weighted by Gasteiger charge is -2.33. The minimum atomic E-state index is -0.302. The number of imide groups is 1. The van der Waals surface area contributed by atoms with E-state index in [4.69, 9.17) is 11.6 Å². The molecule has 0 N–H and O–H groups in total. The van der Waals surface area contributed by atoms with Crippen LogP contribution in [0.1, 0.15) is 26.2 Å². The number of piperidine rings is 1. The number of carbonyl (C=O) groups is 2. The van der Waals surface area contributed by atoms with E-state index in [9.17, 15) is 9.59 Å². The molecule has 0 bridgehead atoms. The summed E-state index contributed by atoms with van der Waals surface area (Å²) in [5, 5.41) is 0.531. The predicted octanol–water partition coefficient (Wildman–Crippen LogP) is 2.70. The van der Waals surface area contributed by atoms with E-state index in [1.165, 1.54) is 4.90 Å². The lowest BCUT2D eigenvalue weighted by atomic mass is 9.97. The van der Waals surface area contributed by atoms with Crippen LogP contribution in [0.15, 0.2) is 24.3 Å². The molecule has 2 aliphatic heterocycles. The predicted molar refractivity (Wildman–Crippen MR) is 82.3 cm³/mol. The monoisotopic (exact) mass is 306 g/mol. The Labute approximate surface area is 129 Å². The van der Waals surface area contributed by atoms with Crippen LogP contribution in [0.3, 0.4) is 0 Å². The van der Waals surface area contributed by atoms with E-state index in [1.54, 1.807) is 24.3 Å². The fourth-order valence-corrected chi connectivity index (χ4v) is 3.31. The Hall–Kier alpha value is -1.39. The van der Waals surface area contributed by atoms with E-state index in [0.717, 1.165) is 25.9 Å². The highest BCUT2D eigenvalue weighted by molar-refractivity contribution is 6.31. The zero-order valence-electron chi connectivity index (χ0n) is 12.1. The van der Waals surface area contributed by atoms with Crippen molar-refractivity contribution in [3.8, 4) is 0 Å². The molecule has 1 aromatic rings. The molecule has 0 aromatic heterocycles. The molecule has 2 fully saturated rings. The van der Waals surface area contributed by atoms with Crippen molar-refractivity contribution in [3.63, 3.8) is 0 Å². The Balaban J connectivity index is 1.79. The number of likely N-dealkylation sites (tertiary alicyclic amines) is 1. The molecule has 5 heteroatoms. The molecule has 0 spiro atoms. The topological polar surface area (TPSA) is 40.6 Å². The third kappa shape index (κ3) is 2.83. The van der Waals surface area contributed by atoms with Crippen LogP contribution in [0, 0.1) is 5.92 Å². The van der Waals surface area contributed by atoms with Crippen molar-refractivity contribution in [2.45, 2.75) is 32.2 Å². The number of halogens is 1. The summed E-state index contributed by atoms with van der Waals surface area (Å²) in [6.45, 7) is 4.03. The number of hydrogen-bond donors (Lipinski definition) is 0. The maximum atomic E-state index is 12.6. The number of hydrogen-bond acceptors (Lipinski definition) is 3. The molecular weight excluding hydrogens is 288 g/mol. The van der Waals surface area contributed by atoms with Gasteiger partial charge in [-0.2, -0.15) is 0 Å². The van der Waals surface area contributed by atoms with Crippen LogP contribution in [0.4, 0.5) is 5.69 Å². The number of nitrogens with zero attached hydrogens (tertiary/aromatic N) is 2. The highest BCUT2D eigenvalue weighted by Gasteiger charge is 2.43. The third-order valence-corrected chi connectivity index (χ3v) is 4.68. The maximum Gasteiger partial charge on any atom is 0.251 e. The SMILES string of the molecule is CC1CCN([C@H]2CC(=O)N(c3cccc(Cl)c3)C2=O)CC1. The summed E-state index contributed by atoms with van der Waals surface area (Å²) in [6, 6.07) is 6.61. The molecule has 1 atom stereocenters. The van der Waals surface area contributed by atoms with Gasteiger partial charge in [-0.3, -0.25) is 14.5 Å². The second kappa shape index (κ2) is 5.78. The Morgan fingerprint density at radius 3 is 2.57 bits per heavy atom. The molecule has 2 heterocycles. The number of carbonyl (C=O) groups excluding carboxylic acids is 2. The van der Waals surface area contributed by atoms with Crippen molar-refractivity contribution in [1.82, 2.24) is 4.90 Å². The Morgan fingerprint density at radius 2 is 1.90 bits per heavy atom. The van der Waals surface area contributed by atoms with Gasteiger partial charge in [0.2, 0.25) is 5.91 Å². The molecule has 112 valence electrons. The second-order valence-corrected chi connectivity index (χ2v) is 6.42. The van der Waals surface area contributed by atoms with E-state index < -0.39 is 0 Å². The standard InChI is InChI=1S/C16H19ClN2O2/c1-11-5-7-18(8-6-11)14-10-15(20)19(16(14)21)13-4-2-3-12(17)9-13/h2-4,9,11,14H,5-8,10H2,1H3/t14-/m0/s1. The van der Waals surface area contributed by atoms with E-state index in [1.807, 2.05) is 0 Å². The Morgan fingerprint density at radius 1 is 1.19 bits per heavy atom. The van der Waals surface area contributed by atoms with Gasteiger partial charge in [-0.05, 0) is 50.0 Å². The molecule has 2 saturated heterocycles. The van der Waals surface area contributed by atoms with Gasteiger partial charge in [-0.15, -0.1) is 0 Å². The molecule has 4 nitrogen and oxygen atoms in total. The normalized spacial score (nSPS) is 24.9. The van der Waals surface area contributed by atoms with Crippen molar-refractivity contribution in [2.24, 2.45) is 5.92 Å². The maximum absolute atomic E-state index is 12.6. The average molecular weight is 307 g/mol. The van der Waals surface area contributed by atoms with Crippen LogP contribution in [0.2, 0.25) is 5.02 Å². The Bertz CT molecular complexity index is 567. The van der Waals surface area contributed by atoms with Crippen molar-refractivity contribution >= 4 is 29.1 Å². The van der Waals surface area contributed by atoms with Crippen LogP contribution in [-0.2, 0) is 9.59 Å². The molecule has 0 unspecified atom stereocenters. The molecular formula is C16H19ClN2O2. The first-order valence-corrected chi connectivity index (χ1v) is 7.80. The van der Waals surface area contributed by atoms with Crippen LogP contribution < -0.4 is 4.90 Å². The van der Waals surface area contributed by atoms with Crippen molar-refractivity contribution in [3.05, 3.63) is 29.3 Å². The first-order valence-electron chi connectivity index (χ1n) is 7.42. The van der Waals surface area contributed by atoms with Gasteiger partial charge in [-0.1, -0.05) is 24.6 Å². The lowest BCUT2D eigenvalue weighted by Crippen LogP contribution is -2.45. The van der Waals surface area contributed by atoms with Crippen LogP contribution in [0.5, 0.6) is 0 Å². The van der Waals surface area contributed by atoms with Crippen LogP contribution in [0.25, 0.3) is 0 Å². The number of rotatable bonds is 2. The van der Waals surface area contributed by atoms with E-state index in [-0.39, 0.29) is 24.3 Å². The second-order valence-electron chi connectivity index (χ2n) is 5.99. The van der Waals surface area contributed by atoms with Gasteiger partial charge >= 0.3 is 0 Å². The molecule has 0 aliphatic carbocycles. The van der Waals surface area contributed by atoms with Crippen molar-refractivity contribution in [2.75, 3.05) is 18.0 Å². The lowest BCUT2D eigenvalue weighted by molar-refractivity contribution is -0.123. The fraction of sp³-hybridized carbons (Fsp3) is 0.500. The van der Waals surface area contributed by atoms with E-state index in [2.05, 4.69) is 11.8 Å². The van der Waals surface area contributed by atoms with Gasteiger partial charge in [0.25, 0.3) is 5.91 Å². The minimum absolute atomic E-state index is 0.114. The molecule has 0 radical (unpaired) electrons. The highest BCUT2D eigenvalue weighted by atomic mass is 35.5. The highest BCUT2D eigenvalue weighted by Crippen LogP contribution is 2.29.